The molecule has 0 saturated carbocycles. The lowest BCUT2D eigenvalue weighted by Gasteiger charge is -2.36. The molecule has 10 nitrogen and oxygen atoms in total. The highest BCUT2D eigenvalue weighted by Gasteiger charge is 2.23. The van der Waals surface area contributed by atoms with E-state index in [1.807, 2.05) is 11.0 Å². The van der Waals surface area contributed by atoms with Crippen molar-refractivity contribution in [2.75, 3.05) is 75.8 Å². The van der Waals surface area contributed by atoms with Crippen LogP contribution in [0.5, 0.6) is 5.75 Å². The number of hydrogen-bond donors (Lipinski definition) is 2. The molecule has 0 spiro atoms. The third-order valence-corrected chi connectivity index (χ3v) is 8.15. The van der Waals surface area contributed by atoms with Crippen LogP contribution in [0.25, 0.3) is 21.5 Å². The van der Waals surface area contributed by atoms with Gasteiger partial charge in [-0.05, 0) is 42.1 Å². The molecule has 0 bridgehead atoms. The maximum absolute atomic E-state index is 13.0. The molecule has 1 amide bonds. The number of nitrogens with zero attached hydrogens (tertiary/aromatic N) is 4. The summed E-state index contributed by atoms with van der Waals surface area (Å²) in [4.78, 5) is 41.2. The van der Waals surface area contributed by atoms with Crippen molar-refractivity contribution in [2.45, 2.75) is 0 Å². The first-order chi connectivity index (χ1) is 21.8. The standard InChI is InChI=1S/C31H34N4O2.C4H4O4/c1-32-14-16-33(17-15-32)30-11-5-8-25-12-13-26(22-28(25)30)37-23-31(36)35-20-18-34(19-21-35)29-10-4-7-24-6-2-3-9-27(24)29;5-3(6)1-2-4(7)8/h2-13,22H,14-21,23H2,1H3;1-2H,(H,5,6)(H,7,8)/b;2-1+. The Morgan fingerprint density at radius 3 is 1.82 bits per heavy atom. The van der Waals surface area contributed by atoms with Crippen molar-refractivity contribution in [3.63, 3.8) is 0 Å². The van der Waals surface area contributed by atoms with Crippen LogP contribution in [0.4, 0.5) is 11.4 Å². The lowest BCUT2D eigenvalue weighted by Crippen LogP contribution is -2.50. The van der Waals surface area contributed by atoms with Gasteiger partial charge in [-0.1, -0.05) is 54.6 Å². The van der Waals surface area contributed by atoms with Crippen LogP contribution in [0.2, 0.25) is 0 Å². The van der Waals surface area contributed by atoms with Gasteiger partial charge in [0.1, 0.15) is 5.75 Å². The molecule has 0 aliphatic carbocycles. The van der Waals surface area contributed by atoms with Gasteiger partial charge >= 0.3 is 11.9 Å². The second-order valence-electron chi connectivity index (χ2n) is 11.1. The van der Waals surface area contributed by atoms with Gasteiger partial charge in [-0.3, -0.25) is 4.79 Å². The van der Waals surface area contributed by atoms with Crippen LogP contribution in [0.1, 0.15) is 0 Å². The number of fused-ring (bicyclic) bond motifs is 2. The summed E-state index contributed by atoms with van der Waals surface area (Å²) in [5, 5.41) is 20.5. The third kappa shape index (κ3) is 8.10. The summed E-state index contributed by atoms with van der Waals surface area (Å²) >= 11 is 0. The lowest BCUT2D eigenvalue weighted by atomic mass is 10.1. The molecule has 2 aliphatic rings. The number of amides is 1. The largest absolute Gasteiger partial charge is 0.484 e. The number of carboxylic acid groups (broad SMARTS) is 2. The van der Waals surface area contributed by atoms with Crippen LogP contribution in [0, 0.1) is 0 Å². The van der Waals surface area contributed by atoms with Gasteiger partial charge in [0.2, 0.25) is 0 Å². The molecule has 45 heavy (non-hydrogen) atoms. The molecule has 2 saturated heterocycles. The lowest BCUT2D eigenvalue weighted by molar-refractivity contribution is -0.134. The van der Waals surface area contributed by atoms with E-state index in [1.165, 1.54) is 32.9 Å². The van der Waals surface area contributed by atoms with Crippen molar-refractivity contribution in [1.29, 1.82) is 0 Å². The van der Waals surface area contributed by atoms with Crippen molar-refractivity contribution >= 4 is 50.8 Å². The minimum Gasteiger partial charge on any atom is -0.484 e. The second kappa shape index (κ2) is 14.6. The van der Waals surface area contributed by atoms with E-state index in [0.717, 1.165) is 45.0 Å². The molecule has 4 aromatic rings. The Bertz CT molecular complexity index is 1670. The molecule has 0 aromatic heterocycles. The van der Waals surface area contributed by atoms with Gasteiger partial charge in [0, 0.05) is 86.7 Å². The number of carbonyl (C=O) groups is 3. The van der Waals surface area contributed by atoms with Gasteiger partial charge < -0.3 is 34.5 Å². The van der Waals surface area contributed by atoms with Crippen LogP contribution in [-0.2, 0) is 14.4 Å². The Morgan fingerprint density at radius 2 is 1.20 bits per heavy atom. The minimum absolute atomic E-state index is 0.0463. The summed E-state index contributed by atoms with van der Waals surface area (Å²) in [5.41, 5.74) is 2.49. The molecule has 2 fully saturated rings. The topological polar surface area (TPSA) is 114 Å². The summed E-state index contributed by atoms with van der Waals surface area (Å²) in [5.74, 6) is -1.72. The van der Waals surface area contributed by atoms with Crippen LogP contribution >= 0.6 is 0 Å². The average molecular weight is 611 g/mol. The van der Waals surface area contributed by atoms with E-state index in [4.69, 9.17) is 14.9 Å². The Morgan fingerprint density at radius 1 is 0.667 bits per heavy atom. The highest BCUT2D eigenvalue weighted by Crippen LogP contribution is 2.31. The van der Waals surface area contributed by atoms with Crippen molar-refractivity contribution in [2.24, 2.45) is 0 Å². The summed E-state index contributed by atoms with van der Waals surface area (Å²) in [7, 11) is 2.17. The van der Waals surface area contributed by atoms with E-state index in [2.05, 4.69) is 94.5 Å². The number of aliphatic carboxylic acids is 2. The van der Waals surface area contributed by atoms with Crippen molar-refractivity contribution in [3.8, 4) is 5.75 Å². The summed E-state index contributed by atoms with van der Waals surface area (Å²) in [6.45, 7) is 7.29. The maximum atomic E-state index is 13.0. The summed E-state index contributed by atoms with van der Waals surface area (Å²) in [6, 6.07) is 27.5. The van der Waals surface area contributed by atoms with Gasteiger partial charge in [0.15, 0.2) is 6.61 Å². The molecule has 0 atom stereocenters. The van der Waals surface area contributed by atoms with Gasteiger partial charge in [0.05, 0.1) is 0 Å². The molecule has 0 unspecified atom stereocenters. The molecule has 2 aliphatic heterocycles. The quantitative estimate of drug-likeness (QED) is 0.298. The molecular formula is C35H38N4O6. The van der Waals surface area contributed by atoms with Crippen molar-refractivity contribution < 1.29 is 29.3 Å². The maximum Gasteiger partial charge on any atom is 0.328 e. The number of ether oxygens (including phenoxy) is 1. The zero-order valence-corrected chi connectivity index (χ0v) is 25.3. The van der Waals surface area contributed by atoms with Gasteiger partial charge in [-0.15, -0.1) is 0 Å². The molecule has 2 N–H and O–H groups in total. The van der Waals surface area contributed by atoms with E-state index in [9.17, 15) is 14.4 Å². The molecule has 4 aromatic carbocycles. The fraction of sp³-hybridized carbons (Fsp3) is 0.286. The Kier molecular flexibility index (Phi) is 10.2. The highest BCUT2D eigenvalue weighted by atomic mass is 16.5. The monoisotopic (exact) mass is 610 g/mol. The predicted octanol–water partition coefficient (Wildman–Crippen LogP) is 4.18. The van der Waals surface area contributed by atoms with E-state index in [1.54, 1.807) is 0 Å². The zero-order chi connectivity index (χ0) is 31.8. The van der Waals surface area contributed by atoms with E-state index in [-0.39, 0.29) is 12.5 Å². The highest BCUT2D eigenvalue weighted by molar-refractivity contribution is 5.96. The predicted molar refractivity (Wildman–Crippen MR) is 176 cm³/mol. The summed E-state index contributed by atoms with van der Waals surface area (Å²) in [6.07, 6.45) is 1.12. The number of piperazine rings is 2. The van der Waals surface area contributed by atoms with Gasteiger partial charge in [-0.25, -0.2) is 9.59 Å². The fourth-order valence-electron chi connectivity index (χ4n) is 5.71. The first-order valence-corrected chi connectivity index (χ1v) is 15.0. The second-order valence-corrected chi connectivity index (χ2v) is 11.1. The fourth-order valence-corrected chi connectivity index (χ4v) is 5.71. The van der Waals surface area contributed by atoms with E-state index in [0.29, 0.717) is 25.2 Å². The SMILES string of the molecule is CN1CCN(c2cccc3ccc(OCC(=O)N4CCN(c5cccc6ccccc56)CC4)cc23)CC1.O=C(O)/C=C/C(=O)O. The van der Waals surface area contributed by atoms with Crippen LogP contribution in [0.3, 0.4) is 0 Å². The van der Waals surface area contributed by atoms with Crippen LogP contribution < -0.4 is 14.5 Å². The Balaban J connectivity index is 0.000000444. The van der Waals surface area contributed by atoms with Crippen LogP contribution in [-0.4, -0.2) is 104 Å². The van der Waals surface area contributed by atoms with Gasteiger partial charge in [0.25, 0.3) is 5.91 Å². The Hall–Kier alpha value is -5.09. The number of hydrogen-bond acceptors (Lipinski definition) is 7. The number of benzene rings is 4. The number of anilines is 2. The zero-order valence-electron chi connectivity index (χ0n) is 25.3. The average Bonchev–Trinajstić information content (AvgIpc) is 3.06. The van der Waals surface area contributed by atoms with Crippen molar-refractivity contribution in [3.05, 3.63) is 91.0 Å². The smallest absolute Gasteiger partial charge is 0.328 e. The number of carboxylic acids is 2. The molecule has 234 valence electrons. The summed E-state index contributed by atoms with van der Waals surface area (Å²) < 4.78 is 6.03. The van der Waals surface area contributed by atoms with Crippen molar-refractivity contribution in [1.82, 2.24) is 9.80 Å². The minimum atomic E-state index is -1.26. The number of rotatable bonds is 7. The van der Waals surface area contributed by atoms with Gasteiger partial charge in [-0.2, -0.15) is 0 Å². The van der Waals surface area contributed by atoms with Crippen LogP contribution in [0.15, 0.2) is 91.0 Å². The van der Waals surface area contributed by atoms with E-state index < -0.39 is 11.9 Å². The molecule has 6 rings (SSSR count). The number of carbonyl (C=O) groups excluding carboxylic acids is 1. The molecule has 2 heterocycles. The van der Waals surface area contributed by atoms with E-state index >= 15 is 0 Å². The number of likely N-dealkylation sites (N-methyl/N-ethyl adjacent to an activating group) is 1. The Labute approximate surface area is 262 Å². The molecular weight excluding hydrogens is 572 g/mol. The molecule has 0 radical (unpaired) electrons. The first kappa shape index (κ1) is 31.3. The first-order valence-electron chi connectivity index (χ1n) is 15.0. The normalized spacial score (nSPS) is 15.6. The third-order valence-electron chi connectivity index (χ3n) is 8.15. The molecule has 10 heteroatoms.